The minimum Gasteiger partial charge on any atom is -0.480 e. The molecule has 7 nitrogen and oxygen atoms in total. The van der Waals surface area contributed by atoms with Gasteiger partial charge in [0.1, 0.15) is 18.2 Å². The van der Waals surface area contributed by atoms with Gasteiger partial charge in [0, 0.05) is 5.92 Å². The van der Waals surface area contributed by atoms with Crippen molar-refractivity contribution in [3.8, 4) is 11.1 Å². The summed E-state index contributed by atoms with van der Waals surface area (Å²) in [6.45, 7) is 3.19. The number of carbonyl (C=O) groups is 3. The molecule has 3 N–H and O–H groups in total. The fourth-order valence-electron chi connectivity index (χ4n) is 4.19. The van der Waals surface area contributed by atoms with E-state index < -0.39 is 29.6 Å². The fourth-order valence-corrected chi connectivity index (χ4v) is 4.19. The molecule has 2 aliphatic carbocycles. The number of alkyl carbamates (subject to hydrolysis) is 1. The van der Waals surface area contributed by atoms with Crippen molar-refractivity contribution in [1.82, 2.24) is 10.6 Å². The first-order valence-corrected chi connectivity index (χ1v) is 10.9. The Labute approximate surface area is 187 Å². The van der Waals surface area contributed by atoms with Gasteiger partial charge in [0.05, 0.1) is 0 Å². The molecule has 2 aromatic carbocycles. The molecule has 4 rings (SSSR count). The predicted octanol–water partition coefficient (Wildman–Crippen LogP) is 3.67. The van der Waals surface area contributed by atoms with Crippen LogP contribution in [-0.4, -0.2) is 41.3 Å². The summed E-state index contributed by atoms with van der Waals surface area (Å²) in [5, 5.41) is 14.5. The Morgan fingerprint density at radius 3 is 2.12 bits per heavy atom. The van der Waals surface area contributed by atoms with E-state index >= 15 is 0 Å². The predicted molar refractivity (Wildman–Crippen MR) is 119 cm³/mol. The molecule has 1 saturated carbocycles. The van der Waals surface area contributed by atoms with Gasteiger partial charge >= 0.3 is 12.1 Å². The fraction of sp³-hybridized carbons (Fsp3) is 0.400. The van der Waals surface area contributed by atoms with Crippen molar-refractivity contribution in [3.05, 3.63) is 59.7 Å². The number of ether oxygens (including phenoxy) is 1. The summed E-state index contributed by atoms with van der Waals surface area (Å²) in [6.07, 6.45) is 1.66. The molecule has 2 aromatic rings. The van der Waals surface area contributed by atoms with Gasteiger partial charge in [-0.15, -0.1) is 0 Å². The van der Waals surface area contributed by atoms with Crippen LogP contribution in [0.25, 0.3) is 11.1 Å². The first-order valence-electron chi connectivity index (χ1n) is 10.9. The number of fused-ring (bicyclic) bond motifs is 3. The largest absolute Gasteiger partial charge is 0.480 e. The molecule has 0 spiro atoms. The van der Waals surface area contributed by atoms with Crippen molar-refractivity contribution in [3.63, 3.8) is 0 Å². The lowest BCUT2D eigenvalue weighted by molar-refractivity contribution is -0.143. The number of benzene rings is 2. The van der Waals surface area contributed by atoms with Crippen LogP contribution in [0.5, 0.6) is 0 Å². The summed E-state index contributed by atoms with van der Waals surface area (Å²) in [6, 6.07) is 15.1. The highest BCUT2D eigenvalue weighted by Crippen LogP contribution is 2.44. The second-order valence-electron chi connectivity index (χ2n) is 9.12. The maximum Gasteiger partial charge on any atom is 0.408 e. The Morgan fingerprint density at radius 2 is 1.59 bits per heavy atom. The second kappa shape index (κ2) is 8.65. The van der Waals surface area contributed by atoms with Crippen LogP contribution in [0.15, 0.2) is 48.5 Å². The lowest BCUT2D eigenvalue weighted by Gasteiger charge is -2.27. The van der Waals surface area contributed by atoms with Crippen molar-refractivity contribution in [2.24, 2.45) is 5.92 Å². The molecule has 0 saturated heterocycles. The van der Waals surface area contributed by atoms with Crippen LogP contribution in [-0.2, 0) is 14.3 Å². The molecule has 168 valence electrons. The lowest BCUT2D eigenvalue weighted by Crippen LogP contribution is -2.58. The van der Waals surface area contributed by atoms with Crippen LogP contribution in [0.1, 0.15) is 50.2 Å². The maximum absolute atomic E-state index is 12.7. The Balaban J connectivity index is 1.37. The van der Waals surface area contributed by atoms with Gasteiger partial charge in [0.25, 0.3) is 0 Å². The smallest absolute Gasteiger partial charge is 0.408 e. The Morgan fingerprint density at radius 1 is 1.03 bits per heavy atom. The standard InChI is InChI=1S/C25H28N2O5/c1-25(2,23(30)26-21(22(28)29)13-15-11-12-15)27-24(31)32-14-20-18-9-5-3-7-16(18)17-8-4-6-10-19(17)20/h3-10,15,20-21H,11-14H2,1-2H3,(H,26,30)(H,27,31)(H,28,29)/t21-/m0/s1. The van der Waals surface area contributed by atoms with Gasteiger partial charge in [-0.25, -0.2) is 9.59 Å². The zero-order valence-corrected chi connectivity index (χ0v) is 18.3. The Bertz CT molecular complexity index is 999. The van der Waals surface area contributed by atoms with Crippen LogP contribution >= 0.6 is 0 Å². The second-order valence-corrected chi connectivity index (χ2v) is 9.12. The van der Waals surface area contributed by atoms with Crippen LogP contribution < -0.4 is 10.6 Å². The SMILES string of the molecule is CC(C)(NC(=O)OCC1c2ccccc2-c2ccccc21)C(=O)N[C@@H](CC1CC1)C(=O)O. The molecule has 0 radical (unpaired) electrons. The lowest BCUT2D eigenvalue weighted by atomic mass is 9.98. The number of amides is 2. The third-order valence-electron chi connectivity index (χ3n) is 6.20. The summed E-state index contributed by atoms with van der Waals surface area (Å²) in [5.74, 6) is -1.36. The van der Waals surface area contributed by atoms with Gasteiger partial charge in [-0.1, -0.05) is 61.4 Å². The van der Waals surface area contributed by atoms with Crippen LogP contribution in [0, 0.1) is 5.92 Å². The summed E-state index contributed by atoms with van der Waals surface area (Å²) in [4.78, 5) is 36.7. The molecule has 1 fully saturated rings. The van der Waals surface area contributed by atoms with Crippen LogP contribution in [0.2, 0.25) is 0 Å². The summed E-state index contributed by atoms with van der Waals surface area (Å²) in [7, 11) is 0. The van der Waals surface area contributed by atoms with Crippen molar-refractivity contribution < 1.29 is 24.2 Å². The highest BCUT2D eigenvalue weighted by molar-refractivity contribution is 5.92. The summed E-state index contributed by atoms with van der Waals surface area (Å²) in [5.41, 5.74) is 3.14. The van der Waals surface area contributed by atoms with E-state index in [1.54, 1.807) is 0 Å². The highest BCUT2D eigenvalue weighted by Gasteiger charge is 2.36. The minimum atomic E-state index is -1.32. The summed E-state index contributed by atoms with van der Waals surface area (Å²) < 4.78 is 5.51. The monoisotopic (exact) mass is 436 g/mol. The number of aliphatic carboxylic acids is 1. The van der Waals surface area contributed by atoms with Gasteiger partial charge < -0.3 is 20.5 Å². The number of carboxylic acid groups (broad SMARTS) is 1. The molecule has 2 amide bonds. The molecule has 0 unspecified atom stereocenters. The normalized spacial score (nSPS) is 15.9. The van der Waals surface area contributed by atoms with Gasteiger partial charge in [-0.05, 0) is 48.4 Å². The van der Waals surface area contributed by atoms with Crippen LogP contribution in [0.3, 0.4) is 0 Å². The average Bonchev–Trinajstić information content (AvgIpc) is 3.52. The average molecular weight is 437 g/mol. The molecule has 32 heavy (non-hydrogen) atoms. The first-order chi connectivity index (χ1) is 15.3. The Kier molecular flexibility index (Phi) is 5.91. The third kappa shape index (κ3) is 4.61. The quantitative estimate of drug-likeness (QED) is 0.586. The van der Waals surface area contributed by atoms with Gasteiger partial charge in [-0.3, -0.25) is 4.79 Å². The zero-order valence-electron chi connectivity index (χ0n) is 18.3. The van der Waals surface area contributed by atoms with Gasteiger partial charge in [0.15, 0.2) is 0 Å². The van der Waals surface area contributed by atoms with E-state index in [9.17, 15) is 19.5 Å². The molecular formula is C25H28N2O5. The van der Waals surface area contributed by atoms with Crippen LogP contribution in [0.4, 0.5) is 4.79 Å². The molecule has 0 heterocycles. The number of carboxylic acids is 1. The van der Waals surface area contributed by atoms with E-state index in [-0.39, 0.29) is 12.5 Å². The van der Waals surface area contributed by atoms with Gasteiger partial charge in [-0.2, -0.15) is 0 Å². The van der Waals surface area contributed by atoms with Crippen molar-refractivity contribution in [2.45, 2.75) is 50.6 Å². The maximum atomic E-state index is 12.7. The molecule has 2 aliphatic rings. The van der Waals surface area contributed by atoms with E-state index in [0.29, 0.717) is 12.3 Å². The number of rotatable bonds is 8. The highest BCUT2D eigenvalue weighted by atomic mass is 16.5. The molecule has 7 heteroatoms. The van der Waals surface area contributed by atoms with E-state index in [1.807, 2.05) is 36.4 Å². The number of hydrogen-bond donors (Lipinski definition) is 3. The number of carbonyl (C=O) groups excluding carboxylic acids is 2. The number of hydrogen-bond acceptors (Lipinski definition) is 4. The van der Waals surface area contributed by atoms with E-state index in [1.165, 1.54) is 13.8 Å². The van der Waals surface area contributed by atoms with E-state index in [4.69, 9.17) is 4.74 Å². The molecule has 0 aromatic heterocycles. The number of nitrogens with one attached hydrogen (secondary N) is 2. The van der Waals surface area contributed by atoms with Crippen molar-refractivity contribution in [1.29, 1.82) is 0 Å². The minimum absolute atomic E-state index is 0.0833. The van der Waals surface area contributed by atoms with Crippen molar-refractivity contribution in [2.75, 3.05) is 6.61 Å². The molecule has 0 bridgehead atoms. The third-order valence-corrected chi connectivity index (χ3v) is 6.20. The molecule has 0 aliphatic heterocycles. The topological polar surface area (TPSA) is 105 Å². The first kappa shape index (κ1) is 21.9. The zero-order chi connectivity index (χ0) is 22.9. The molecular weight excluding hydrogens is 408 g/mol. The summed E-state index contributed by atoms with van der Waals surface area (Å²) >= 11 is 0. The van der Waals surface area contributed by atoms with E-state index in [2.05, 4.69) is 22.8 Å². The molecule has 1 atom stereocenters. The van der Waals surface area contributed by atoms with Crippen molar-refractivity contribution >= 4 is 18.0 Å². The van der Waals surface area contributed by atoms with E-state index in [0.717, 1.165) is 35.1 Å². The van der Waals surface area contributed by atoms with Gasteiger partial charge in [0.2, 0.25) is 5.91 Å². The Hall–Kier alpha value is -3.35.